The van der Waals surface area contributed by atoms with Crippen LogP contribution < -0.4 is 4.90 Å². The molecule has 0 fully saturated rings. The third-order valence-electron chi connectivity index (χ3n) is 2.31. The summed E-state index contributed by atoms with van der Waals surface area (Å²) in [6.07, 6.45) is 0. The van der Waals surface area contributed by atoms with E-state index < -0.39 is 4.33 Å². The molecule has 0 unspecified atom stereocenters. The van der Waals surface area contributed by atoms with Gasteiger partial charge in [0, 0.05) is 12.7 Å². The molecule has 1 aliphatic heterocycles. The first-order valence-electron chi connectivity index (χ1n) is 4.37. The van der Waals surface area contributed by atoms with E-state index in [1.807, 2.05) is 6.07 Å². The first-order chi connectivity index (χ1) is 7.09. The first kappa shape index (κ1) is 10.7. The number of rotatable bonds is 2. The minimum Gasteiger partial charge on any atom is -0.364 e. The Kier molecular flexibility index (Phi) is 2.63. The first-order valence-corrected chi connectivity index (χ1v) is 5.13. The molecule has 3 nitrogen and oxygen atoms in total. The van der Waals surface area contributed by atoms with Crippen LogP contribution in [0.1, 0.15) is 5.56 Å². The third-order valence-corrected chi connectivity index (χ3v) is 3.04. The van der Waals surface area contributed by atoms with E-state index in [2.05, 4.69) is 0 Å². The van der Waals surface area contributed by atoms with Crippen LogP contribution in [0.3, 0.4) is 0 Å². The van der Waals surface area contributed by atoms with Crippen LogP contribution in [0, 0.1) is 0 Å². The number of anilines is 1. The maximum absolute atomic E-state index is 11.9. The third kappa shape index (κ3) is 1.51. The molecule has 1 amide bonds. The molecule has 0 atom stereocenters. The Morgan fingerprint density at radius 2 is 2.07 bits per heavy atom. The molecule has 0 bridgehead atoms. The predicted octanol–water partition coefficient (Wildman–Crippen LogP) is 2.27. The lowest BCUT2D eigenvalue weighted by Crippen LogP contribution is -2.34. The molecule has 0 saturated carbocycles. The quantitative estimate of drug-likeness (QED) is 0.749. The van der Waals surface area contributed by atoms with Gasteiger partial charge in [-0.1, -0.05) is 41.4 Å². The Hall–Kier alpha value is -0.770. The van der Waals surface area contributed by atoms with Gasteiger partial charge in [-0.25, -0.2) is 0 Å². The Labute approximate surface area is 97.5 Å². The summed E-state index contributed by atoms with van der Waals surface area (Å²) >= 11 is 12.0. The minimum atomic E-state index is -1.49. The topological polar surface area (TPSA) is 29.5 Å². The molecule has 0 radical (unpaired) electrons. The van der Waals surface area contributed by atoms with Gasteiger partial charge in [0.2, 0.25) is 4.33 Å². The van der Waals surface area contributed by atoms with Gasteiger partial charge in [-0.3, -0.25) is 9.69 Å². The van der Waals surface area contributed by atoms with Gasteiger partial charge in [0.25, 0.3) is 5.91 Å². The maximum atomic E-state index is 11.9. The van der Waals surface area contributed by atoms with E-state index in [1.165, 1.54) is 12.0 Å². The zero-order chi connectivity index (χ0) is 11.1. The second kappa shape index (κ2) is 3.67. The molecule has 1 heterocycles. The SMILES string of the molecule is COCN1C(=O)C(Cl)(Cl)c2ccccc21. The highest BCUT2D eigenvalue weighted by Gasteiger charge is 2.48. The van der Waals surface area contributed by atoms with Crippen molar-refractivity contribution in [2.24, 2.45) is 0 Å². The zero-order valence-electron chi connectivity index (χ0n) is 8.04. The molecule has 0 N–H and O–H groups in total. The summed E-state index contributed by atoms with van der Waals surface area (Å²) in [5.41, 5.74) is 1.31. The second-order valence-corrected chi connectivity index (χ2v) is 4.57. The molecule has 2 rings (SSSR count). The summed E-state index contributed by atoms with van der Waals surface area (Å²) in [7, 11) is 1.51. The number of hydrogen-bond acceptors (Lipinski definition) is 2. The minimum absolute atomic E-state index is 0.150. The van der Waals surface area contributed by atoms with Crippen molar-refractivity contribution in [1.29, 1.82) is 0 Å². The van der Waals surface area contributed by atoms with Crippen LogP contribution in [-0.4, -0.2) is 19.7 Å². The number of fused-ring (bicyclic) bond motifs is 1. The van der Waals surface area contributed by atoms with Crippen molar-refractivity contribution in [1.82, 2.24) is 0 Å². The smallest absolute Gasteiger partial charge is 0.270 e. The highest BCUT2D eigenvalue weighted by Crippen LogP contribution is 2.47. The molecule has 1 aromatic rings. The number of hydrogen-bond donors (Lipinski definition) is 0. The summed E-state index contributed by atoms with van der Waals surface area (Å²) < 4.78 is 3.44. The van der Waals surface area contributed by atoms with Crippen molar-refractivity contribution in [3.63, 3.8) is 0 Å². The molecule has 5 heteroatoms. The Morgan fingerprint density at radius 3 is 2.73 bits per heavy atom. The molecular weight excluding hydrogens is 237 g/mol. The largest absolute Gasteiger partial charge is 0.364 e. The maximum Gasteiger partial charge on any atom is 0.270 e. The van der Waals surface area contributed by atoms with Crippen LogP contribution in [0.2, 0.25) is 0 Å². The van der Waals surface area contributed by atoms with E-state index >= 15 is 0 Å². The highest BCUT2D eigenvalue weighted by atomic mass is 35.5. The van der Waals surface area contributed by atoms with Gasteiger partial charge in [0.05, 0.1) is 5.69 Å². The van der Waals surface area contributed by atoms with Crippen LogP contribution in [0.5, 0.6) is 0 Å². The van der Waals surface area contributed by atoms with E-state index in [0.29, 0.717) is 11.3 Å². The van der Waals surface area contributed by atoms with Gasteiger partial charge < -0.3 is 4.74 Å². The van der Waals surface area contributed by atoms with Crippen LogP contribution in [0.15, 0.2) is 24.3 Å². The van der Waals surface area contributed by atoms with Gasteiger partial charge >= 0.3 is 0 Å². The average molecular weight is 246 g/mol. The normalized spacial score (nSPS) is 18.1. The standard InChI is InChI=1S/C10H9Cl2NO2/c1-15-6-13-8-5-3-2-4-7(8)10(11,12)9(13)14/h2-5H,6H2,1H3. The van der Waals surface area contributed by atoms with Gasteiger partial charge in [-0.05, 0) is 6.07 Å². The molecule has 1 aliphatic rings. The van der Waals surface area contributed by atoms with Crippen molar-refractivity contribution < 1.29 is 9.53 Å². The molecular formula is C10H9Cl2NO2. The zero-order valence-corrected chi connectivity index (χ0v) is 9.55. The number of nitrogens with zero attached hydrogens (tertiary/aromatic N) is 1. The van der Waals surface area contributed by atoms with E-state index in [-0.39, 0.29) is 12.6 Å². The summed E-state index contributed by atoms with van der Waals surface area (Å²) in [6, 6.07) is 7.15. The number of benzene rings is 1. The highest BCUT2D eigenvalue weighted by molar-refractivity contribution is 6.60. The molecule has 0 aromatic heterocycles. The van der Waals surface area contributed by atoms with Crippen molar-refractivity contribution in [2.45, 2.75) is 4.33 Å². The summed E-state index contributed by atoms with van der Waals surface area (Å²) in [6.45, 7) is 0.150. The van der Waals surface area contributed by atoms with E-state index in [4.69, 9.17) is 27.9 Å². The van der Waals surface area contributed by atoms with Gasteiger partial charge in [0.15, 0.2) is 0 Å². The van der Waals surface area contributed by atoms with Crippen LogP contribution in [-0.2, 0) is 13.9 Å². The Bertz CT molecular complexity index is 406. The van der Waals surface area contributed by atoms with Crippen LogP contribution >= 0.6 is 23.2 Å². The van der Waals surface area contributed by atoms with Crippen molar-refractivity contribution in [3.05, 3.63) is 29.8 Å². The number of halogens is 2. The van der Waals surface area contributed by atoms with E-state index in [9.17, 15) is 4.79 Å². The second-order valence-electron chi connectivity index (χ2n) is 3.24. The average Bonchev–Trinajstić information content (AvgIpc) is 2.42. The lowest BCUT2D eigenvalue weighted by molar-refractivity contribution is -0.119. The number of ether oxygens (including phenoxy) is 1. The van der Waals surface area contributed by atoms with Gasteiger partial charge in [-0.2, -0.15) is 0 Å². The van der Waals surface area contributed by atoms with Gasteiger partial charge in [-0.15, -0.1) is 0 Å². The van der Waals surface area contributed by atoms with Crippen LogP contribution in [0.4, 0.5) is 5.69 Å². The number of alkyl halides is 2. The molecule has 0 saturated heterocycles. The fourth-order valence-electron chi connectivity index (χ4n) is 1.63. The Balaban J connectivity index is 2.52. The van der Waals surface area contributed by atoms with Crippen molar-refractivity contribution in [3.8, 4) is 0 Å². The lowest BCUT2D eigenvalue weighted by Gasteiger charge is -2.16. The van der Waals surface area contributed by atoms with Gasteiger partial charge in [0.1, 0.15) is 6.73 Å². The fraction of sp³-hybridized carbons (Fsp3) is 0.300. The molecule has 0 aliphatic carbocycles. The monoisotopic (exact) mass is 245 g/mol. The molecule has 80 valence electrons. The number of amides is 1. The summed E-state index contributed by atoms with van der Waals surface area (Å²) in [5, 5.41) is 0. The van der Waals surface area contributed by atoms with Crippen molar-refractivity contribution >= 4 is 34.8 Å². The van der Waals surface area contributed by atoms with Crippen LogP contribution in [0.25, 0.3) is 0 Å². The number of carbonyl (C=O) groups is 1. The lowest BCUT2D eigenvalue weighted by atomic mass is 10.1. The molecule has 1 aromatic carbocycles. The van der Waals surface area contributed by atoms with E-state index in [1.54, 1.807) is 18.2 Å². The molecule has 15 heavy (non-hydrogen) atoms. The molecule has 0 spiro atoms. The Morgan fingerprint density at radius 1 is 1.40 bits per heavy atom. The fourth-order valence-corrected chi connectivity index (χ4v) is 2.15. The number of para-hydroxylation sites is 1. The predicted molar refractivity (Wildman–Crippen MR) is 59.2 cm³/mol. The number of methoxy groups -OCH3 is 1. The summed E-state index contributed by atoms with van der Waals surface area (Å²) in [5.74, 6) is -0.367. The van der Waals surface area contributed by atoms with Crippen molar-refractivity contribution in [2.75, 3.05) is 18.7 Å². The van der Waals surface area contributed by atoms with E-state index in [0.717, 1.165) is 0 Å². The number of carbonyl (C=O) groups excluding carboxylic acids is 1. The summed E-state index contributed by atoms with van der Waals surface area (Å²) in [4.78, 5) is 13.3.